The molecular formula is C31H26BNS. The molecule has 1 nitrogen and oxygen atoms in total. The van der Waals surface area contributed by atoms with Crippen molar-refractivity contribution in [2.24, 2.45) is 0 Å². The first kappa shape index (κ1) is 20.1. The number of thiophene rings is 1. The fourth-order valence-corrected chi connectivity index (χ4v) is 7.36. The lowest BCUT2D eigenvalue weighted by molar-refractivity contribution is 0.920. The minimum atomic E-state index is 0.222. The van der Waals surface area contributed by atoms with Crippen LogP contribution in [0.15, 0.2) is 91.0 Å². The van der Waals surface area contributed by atoms with Gasteiger partial charge in [0.1, 0.15) is 0 Å². The maximum absolute atomic E-state index is 2.58. The third-order valence-electron chi connectivity index (χ3n) is 7.73. The van der Waals surface area contributed by atoms with E-state index >= 15 is 0 Å². The monoisotopic (exact) mass is 455 g/mol. The van der Waals surface area contributed by atoms with Crippen molar-refractivity contribution in [2.45, 2.75) is 25.7 Å². The van der Waals surface area contributed by atoms with Crippen LogP contribution in [0.5, 0.6) is 0 Å². The lowest BCUT2D eigenvalue weighted by Crippen LogP contribution is -2.57. The van der Waals surface area contributed by atoms with Crippen LogP contribution in [-0.2, 0) is 25.7 Å². The highest BCUT2D eigenvalue weighted by Gasteiger charge is 2.39. The fourth-order valence-electron chi connectivity index (χ4n) is 6.04. The Morgan fingerprint density at radius 1 is 0.676 bits per heavy atom. The zero-order chi connectivity index (χ0) is 22.6. The highest BCUT2D eigenvalue weighted by Crippen LogP contribution is 2.45. The van der Waals surface area contributed by atoms with E-state index in [1.807, 2.05) is 11.3 Å². The van der Waals surface area contributed by atoms with Gasteiger partial charge in [-0.2, -0.15) is 0 Å². The Bertz CT molecular complexity index is 1520. The molecule has 0 amide bonds. The number of hydrogen-bond acceptors (Lipinski definition) is 2. The van der Waals surface area contributed by atoms with E-state index in [4.69, 9.17) is 0 Å². The van der Waals surface area contributed by atoms with E-state index in [0.717, 1.165) is 25.7 Å². The zero-order valence-corrected chi connectivity index (χ0v) is 20.2. The maximum Gasteiger partial charge on any atom is 0.325 e. The molecule has 4 aliphatic carbocycles. The van der Waals surface area contributed by atoms with Crippen LogP contribution in [0.25, 0.3) is 20.5 Å². The van der Waals surface area contributed by atoms with Gasteiger partial charge in [0.15, 0.2) is 0 Å². The molecule has 5 aliphatic rings. The molecule has 0 saturated heterocycles. The molecule has 10 rings (SSSR count). The number of rotatable bonds is 1. The molecule has 0 spiro atoms. The smallest absolute Gasteiger partial charge is 0.325 e. The molecule has 0 saturated carbocycles. The molecular weight excluding hydrogens is 429 g/mol. The summed E-state index contributed by atoms with van der Waals surface area (Å²) in [6.45, 7) is 0.222. The normalized spacial score (nSPS) is 14.6. The Morgan fingerprint density at radius 3 is 2.09 bits per heavy atom. The Hall–Kier alpha value is -3.30. The second-order valence-corrected chi connectivity index (χ2v) is 10.7. The molecule has 164 valence electrons. The van der Waals surface area contributed by atoms with E-state index in [0.29, 0.717) is 0 Å². The molecule has 0 radical (unpaired) electrons. The SMILES string of the molecule is CN1B(c2ccccc2)c2c(sc3ccccc23)-c2c3ccc(c21)CCc1ccc(cc1)CC3. The van der Waals surface area contributed by atoms with Gasteiger partial charge >= 0.3 is 6.85 Å². The standard InChI is InChI=1S/C31H26BNS/c1-33-30-24-18-16-22-13-11-21(12-14-22)15-17-23(19-20-24)28(30)31-29(26-9-5-6-10-27(26)34-31)32(33)25-7-3-2-4-8-25/h2-14,19-20H,15-18H2,1H3. The van der Waals surface area contributed by atoms with Gasteiger partial charge in [-0.15, -0.1) is 11.3 Å². The molecule has 5 aromatic rings. The molecule has 34 heavy (non-hydrogen) atoms. The van der Waals surface area contributed by atoms with Crippen LogP contribution in [0.2, 0.25) is 0 Å². The van der Waals surface area contributed by atoms with Gasteiger partial charge in [0.2, 0.25) is 0 Å². The van der Waals surface area contributed by atoms with E-state index in [9.17, 15) is 0 Å². The van der Waals surface area contributed by atoms with Crippen molar-refractivity contribution in [1.82, 2.24) is 0 Å². The van der Waals surface area contributed by atoms with Crippen molar-refractivity contribution in [1.29, 1.82) is 0 Å². The molecule has 4 aromatic carbocycles. The summed E-state index contributed by atoms with van der Waals surface area (Å²) in [4.78, 5) is 4.06. The lowest BCUT2D eigenvalue weighted by Gasteiger charge is -2.37. The summed E-state index contributed by atoms with van der Waals surface area (Å²) in [7, 11) is 2.32. The maximum atomic E-state index is 2.58. The summed E-state index contributed by atoms with van der Waals surface area (Å²) < 4.78 is 1.39. The predicted molar refractivity (Wildman–Crippen MR) is 148 cm³/mol. The number of anilines is 1. The summed E-state index contributed by atoms with van der Waals surface area (Å²) in [6, 6.07) is 34.2. The van der Waals surface area contributed by atoms with Gasteiger partial charge in [0.05, 0.1) is 0 Å². The van der Waals surface area contributed by atoms with Crippen LogP contribution < -0.4 is 15.7 Å². The van der Waals surface area contributed by atoms with Crippen molar-refractivity contribution < 1.29 is 0 Å². The van der Waals surface area contributed by atoms with Crippen LogP contribution in [-0.4, -0.2) is 13.9 Å². The summed E-state index contributed by atoms with van der Waals surface area (Å²) in [5, 5.41) is 1.40. The first-order chi connectivity index (χ1) is 16.8. The molecule has 4 bridgehead atoms. The predicted octanol–water partition coefficient (Wildman–Crippen LogP) is 6.01. The third kappa shape index (κ3) is 3.07. The van der Waals surface area contributed by atoms with Gasteiger partial charge in [0.25, 0.3) is 0 Å². The van der Waals surface area contributed by atoms with Gasteiger partial charge in [-0.25, -0.2) is 0 Å². The van der Waals surface area contributed by atoms with Gasteiger partial charge in [-0.3, -0.25) is 0 Å². The van der Waals surface area contributed by atoms with Crippen LogP contribution in [0.3, 0.4) is 0 Å². The topological polar surface area (TPSA) is 3.24 Å². The van der Waals surface area contributed by atoms with Crippen LogP contribution in [0.1, 0.15) is 22.3 Å². The van der Waals surface area contributed by atoms with Gasteiger partial charge in [-0.05, 0) is 71.9 Å². The number of hydrogen-bond donors (Lipinski definition) is 0. The first-order valence-corrected chi connectivity index (χ1v) is 13.1. The third-order valence-corrected chi connectivity index (χ3v) is 8.93. The van der Waals surface area contributed by atoms with Gasteiger partial charge in [0, 0.05) is 20.8 Å². The number of benzene rings is 4. The van der Waals surface area contributed by atoms with Gasteiger partial charge in [-0.1, -0.05) is 90.4 Å². The zero-order valence-electron chi connectivity index (χ0n) is 19.4. The minimum absolute atomic E-state index is 0.222. The minimum Gasteiger partial charge on any atom is -0.409 e. The molecule has 0 atom stereocenters. The Balaban J connectivity index is 1.52. The van der Waals surface area contributed by atoms with Crippen molar-refractivity contribution in [3.8, 4) is 10.4 Å². The fraction of sp³-hybridized carbons (Fsp3) is 0.161. The van der Waals surface area contributed by atoms with E-state index < -0.39 is 0 Å². The molecule has 3 heteroatoms. The van der Waals surface area contributed by atoms with E-state index in [1.165, 1.54) is 59.4 Å². The Labute approximate surface area is 205 Å². The second kappa shape index (κ2) is 7.89. The number of aryl methyl sites for hydroxylation is 4. The lowest BCUT2D eigenvalue weighted by atomic mass is 9.46. The van der Waals surface area contributed by atoms with Crippen LogP contribution >= 0.6 is 11.3 Å². The average molecular weight is 455 g/mol. The second-order valence-electron chi connectivity index (χ2n) is 9.69. The molecule has 0 N–H and O–H groups in total. The van der Waals surface area contributed by atoms with Gasteiger partial charge < -0.3 is 4.81 Å². The Kier molecular flexibility index (Phi) is 4.67. The molecule has 1 aliphatic heterocycles. The van der Waals surface area contributed by atoms with Crippen molar-refractivity contribution >= 4 is 44.9 Å². The molecule has 0 fully saturated rings. The molecule has 2 heterocycles. The number of fused-ring (bicyclic) bond motifs is 3. The van der Waals surface area contributed by atoms with Crippen molar-refractivity contribution in [2.75, 3.05) is 11.9 Å². The highest BCUT2D eigenvalue weighted by molar-refractivity contribution is 7.25. The summed E-state index contributed by atoms with van der Waals surface area (Å²) in [5.41, 5.74) is 11.6. The molecule has 0 unspecified atom stereocenters. The molecule has 1 aromatic heterocycles. The van der Waals surface area contributed by atoms with E-state index in [1.54, 1.807) is 0 Å². The first-order valence-electron chi connectivity index (χ1n) is 12.3. The average Bonchev–Trinajstić information content (AvgIpc) is 3.25. The summed E-state index contributed by atoms with van der Waals surface area (Å²) in [5.74, 6) is 0. The van der Waals surface area contributed by atoms with Crippen LogP contribution in [0.4, 0.5) is 5.69 Å². The van der Waals surface area contributed by atoms with Crippen molar-refractivity contribution in [3.05, 3.63) is 113 Å². The summed E-state index contributed by atoms with van der Waals surface area (Å²) >= 11 is 1.99. The number of nitrogens with zero attached hydrogens (tertiary/aromatic N) is 1. The van der Waals surface area contributed by atoms with Crippen LogP contribution in [0, 0.1) is 0 Å². The quantitative estimate of drug-likeness (QED) is 0.280. The van der Waals surface area contributed by atoms with E-state index in [-0.39, 0.29) is 6.85 Å². The summed E-state index contributed by atoms with van der Waals surface area (Å²) in [6.07, 6.45) is 4.29. The highest BCUT2D eigenvalue weighted by atomic mass is 32.1. The Morgan fingerprint density at radius 2 is 1.32 bits per heavy atom. The van der Waals surface area contributed by atoms with E-state index in [2.05, 4.69) is 103 Å². The largest absolute Gasteiger partial charge is 0.409 e. The van der Waals surface area contributed by atoms with Crippen molar-refractivity contribution in [3.63, 3.8) is 0 Å².